The van der Waals surface area contributed by atoms with E-state index in [2.05, 4.69) is 22.5 Å². The van der Waals surface area contributed by atoms with Gasteiger partial charge in [-0.3, -0.25) is 9.59 Å². The van der Waals surface area contributed by atoms with Crippen LogP contribution >= 0.6 is 0 Å². The van der Waals surface area contributed by atoms with Gasteiger partial charge in [0, 0.05) is 18.4 Å². The predicted molar refractivity (Wildman–Crippen MR) is 106 cm³/mol. The fourth-order valence-corrected chi connectivity index (χ4v) is 3.85. The van der Waals surface area contributed by atoms with Gasteiger partial charge in [-0.1, -0.05) is 19.4 Å². The molecule has 0 radical (unpaired) electrons. The van der Waals surface area contributed by atoms with Crippen molar-refractivity contribution in [3.63, 3.8) is 0 Å². The van der Waals surface area contributed by atoms with Gasteiger partial charge in [-0.2, -0.15) is 5.10 Å². The van der Waals surface area contributed by atoms with Crippen molar-refractivity contribution in [1.29, 1.82) is 0 Å². The van der Waals surface area contributed by atoms with Crippen LogP contribution in [0.2, 0.25) is 0 Å². The molecule has 0 bridgehead atoms. The van der Waals surface area contributed by atoms with Crippen LogP contribution in [0.3, 0.4) is 0 Å². The van der Waals surface area contributed by atoms with Gasteiger partial charge in [-0.25, -0.2) is 4.52 Å². The SMILES string of the molecule is CCCCC(=O)Nc1cccc2nn3c(C4CCNCC4)cc(=O)[nH]c3c12. The molecule has 1 amide bonds. The lowest BCUT2D eigenvalue weighted by molar-refractivity contribution is -0.116. The highest BCUT2D eigenvalue weighted by Gasteiger charge is 2.21. The monoisotopic (exact) mass is 367 g/mol. The van der Waals surface area contributed by atoms with Gasteiger partial charge < -0.3 is 15.6 Å². The molecule has 0 saturated carbocycles. The molecule has 27 heavy (non-hydrogen) atoms. The Morgan fingerprint density at radius 1 is 1.33 bits per heavy atom. The summed E-state index contributed by atoms with van der Waals surface area (Å²) in [6, 6.07) is 7.32. The minimum atomic E-state index is -0.134. The van der Waals surface area contributed by atoms with E-state index in [1.807, 2.05) is 22.7 Å². The van der Waals surface area contributed by atoms with Gasteiger partial charge >= 0.3 is 0 Å². The molecule has 2 aromatic heterocycles. The van der Waals surface area contributed by atoms with Gasteiger partial charge in [0.2, 0.25) is 5.91 Å². The molecule has 0 atom stereocenters. The third-order valence-electron chi connectivity index (χ3n) is 5.25. The molecule has 142 valence electrons. The predicted octanol–water partition coefficient (Wildman–Crippen LogP) is 2.77. The van der Waals surface area contributed by atoms with Crippen molar-refractivity contribution in [2.24, 2.45) is 0 Å². The van der Waals surface area contributed by atoms with Crippen LogP contribution in [0.1, 0.15) is 50.6 Å². The minimum Gasteiger partial charge on any atom is -0.325 e. The number of anilines is 1. The molecule has 1 aliphatic heterocycles. The van der Waals surface area contributed by atoms with Crippen LogP contribution in [-0.2, 0) is 4.79 Å². The smallest absolute Gasteiger partial charge is 0.251 e. The molecule has 7 heteroatoms. The molecule has 0 aliphatic carbocycles. The van der Waals surface area contributed by atoms with Gasteiger partial charge in [-0.05, 0) is 44.5 Å². The van der Waals surface area contributed by atoms with Gasteiger partial charge in [0.1, 0.15) is 5.65 Å². The number of benzene rings is 1. The van der Waals surface area contributed by atoms with E-state index in [0.29, 0.717) is 23.7 Å². The topological polar surface area (TPSA) is 91.3 Å². The number of piperidine rings is 1. The number of carbonyl (C=O) groups excluding carboxylic acids is 1. The van der Waals surface area contributed by atoms with Gasteiger partial charge in [0.05, 0.1) is 22.3 Å². The van der Waals surface area contributed by atoms with Gasteiger partial charge in [-0.15, -0.1) is 0 Å². The molecule has 1 fully saturated rings. The number of nitrogens with zero attached hydrogens (tertiary/aromatic N) is 2. The lowest BCUT2D eigenvalue weighted by atomic mass is 9.94. The molecular formula is C20H25N5O2. The van der Waals surface area contributed by atoms with Crippen LogP contribution in [0.25, 0.3) is 16.6 Å². The molecular weight excluding hydrogens is 342 g/mol. The molecule has 3 heterocycles. The number of nitrogens with one attached hydrogen (secondary N) is 3. The molecule has 0 unspecified atom stereocenters. The summed E-state index contributed by atoms with van der Waals surface area (Å²) in [7, 11) is 0. The summed E-state index contributed by atoms with van der Waals surface area (Å²) in [5, 5.41) is 11.9. The lowest BCUT2D eigenvalue weighted by Crippen LogP contribution is -2.28. The zero-order chi connectivity index (χ0) is 18.8. The summed E-state index contributed by atoms with van der Waals surface area (Å²) in [6.07, 6.45) is 4.28. The zero-order valence-corrected chi connectivity index (χ0v) is 15.5. The van der Waals surface area contributed by atoms with E-state index >= 15 is 0 Å². The highest BCUT2D eigenvalue weighted by Crippen LogP contribution is 2.30. The maximum atomic E-state index is 12.4. The molecule has 3 N–H and O–H groups in total. The molecule has 4 rings (SSSR count). The van der Waals surface area contributed by atoms with Crippen LogP contribution < -0.4 is 16.2 Å². The summed E-state index contributed by atoms with van der Waals surface area (Å²) in [5.74, 6) is 0.286. The summed E-state index contributed by atoms with van der Waals surface area (Å²) < 4.78 is 1.85. The van der Waals surface area contributed by atoms with E-state index in [1.165, 1.54) is 0 Å². The van der Waals surface area contributed by atoms with Crippen LogP contribution in [0.4, 0.5) is 5.69 Å². The second-order valence-corrected chi connectivity index (χ2v) is 7.19. The third-order valence-corrected chi connectivity index (χ3v) is 5.25. The Hall–Kier alpha value is -2.67. The Morgan fingerprint density at radius 3 is 2.93 bits per heavy atom. The molecule has 0 spiro atoms. The molecule has 7 nitrogen and oxygen atoms in total. The fourth-order valence-electron chi connectivity index (χ4n) is 3.85. The van der Waals surface area contributed by atoms with Crippen LogP contribution in [-0.4, -0.2) is 33.6 Å². The average Bonchev–Trinajstić information content (AvgIpc) is 3.06. The Labute approximate surface area is 157 Å². The maximum Gasteiger partial charge on any atom is 0.251 e. The van der Waals surface area contributed by atoms with Gasteiger partial charge in [0.15, 0.2) is 0 Å². The van der Waals surface area contributed by atoms with Crippen molar-refractivity contribution in [2.45, 2.75) is 44.9 Å². The first-order chi connectivity index (χ1) is 13.2. The van der Waals surface area contributed by atoms with Crippen molar-refractivity contribution in [1.82, 2.24) is 19.9 Å². The van der Waals surface area contributed by atoms with Gasteiger partial charge in [0.25, 0.3) is 5.56 Å². The summed E-state index contributed by atoms with van der Waals surface area (Å²) in [6.45, 7) is 3.95. The number of fused-ring (bicyclic) bond motifs is 3. The summed E-state index contributed by atoms with van der Waals surface area (Å²) in [5.41, 5.74) is 2.92. The fraction of sp³-hybridized carbons (Fsp3) is 0.450. The van der Waals surface area contributed by atoms with Crippen molar-refractivity contribution in [3.8, 4) is 0 Å². The number of H-pyrrole nitrogens is 1. The number of hydrogen-bond acceptors (Lipinski definition) is 4. The first-order valence-corrected chi connectivity index (χ1v) is 9.72. The number of aromatic amines is 1. The third kappa shape index (κ3) is 3.47. The van der Waals surface area contributed by atoms with E-state index < -0.39 is 0 Å². The number of unbranched alkanes of at least 4 members (excludes halogenated alkanes) is 1. The number of rotatable bonds is 5. The van der Waals surface area contributed by atoms with Crippen LogP contribution in [0, 0.1) is 0 Å². The highest BCUT2D eigenvalue weighted by atomic mass is 16.1. The maximum absolute atomic E-state index is 12.4. The first kappa shape index (κ1) is 17.7. The zero-order valence-electron chi connectivity index (χ0n) is 15.5. The lowest BCUT2D eigenvalue weighted by Gasteiger charge is -2.23. The number of amides is 1. The van der Waals surface area contributed by atoms with Crippen molar-refractivity contribution in [2.75, 3.05) is 18.4 Å². The summed E-state index contributed by atoms with van der Waals surface area (Å²) in [4.78, 5) is 27.5. The molecule has 1 aliphatic rings. The van der Waals surface area contributed by atoms with Crippen molar-refractivity contribution >= 4 is 28.1 Å². The van der Waals surface area contributed by atoms with E-state index in [0.717, 1.165) is 55.4 Å². The number of carbonyl (C=O) groups is 1. The second kappa shape index (κ2) is 7.52. The highest BCUT2D eigenvalue weighted by molar-refractivity contribution is 6.07. The largest absolute Gasteiger partial charge is 0.325 e. The van der Waals surface area contributed by atoms with E-state index in [-0.39, 0.29) is 11.5 Å². The molecule has 1 aromatic carbocycles. The van der Waals surface area contributed by atoms with Crippen LogP contribution in [0.5, 0.6) is 0 Å². The Bertz CT molecular complexity index is 1030. The Balaban J connectivity index is 1.83. The van der Waals surface area contributed by atoms with Crippen molar-refractivity contribution < 1.29 is 4.79 Å². The minimum absolute atomic E-state index is 0.0134. The van der Waals surface area contributed by atoms with Crippen LogP contribution in [0.15, 0.2) is 29.1 Å². The van der Waals surface area contributed by atoms with E-state index in [1.54, 1.807) is 6.07 Å². The summed E-state index contributed by atoms with van der Waals surface area (Å²) >= 11 is 0. The second-order valence-electron chi connectivity index (χ2n) is 7.19. The van der Waals surface area contributed by atoms with E-state index in [4.69, 9.17) is 5.10 Å². The standard InChI is InChI=1S/C20H25N5O2/c1-2-3-7-17(26)22-14-5-4-6-15-19(14)20-23-18(27)12-16(25(20)24-15)13-8-10-21-11-9-13/h4-6,12-13,21H,2-3,7-11H2,1H3,(H,22,26)(H,23,27). The quantitative estimate of drug-likeness (QED) is 0.647. The first-order valence-electron chi connectivity index (χ1n) is 9.72. The Morgan fingerprint density at radius 2 is 2.15 bits per heavy atom. The Kier molecular flexibility index (Phi) is 4.94. The number of aromatic nitrogens is 3. The number of hydrogen-bond donors (Lipinski definition) is 3. The molecule has 3 aromatic rings. The normalized spacial score (nSPS) is 15.4. The van der Waals surface area contributed by atoms with Crippen molar-refractivity contribution in [3.05, 3.63) is 40.3 Å². The molecule has 1 saturated heterocycles. The average molecular weight is 367 g/mol. The van der Waals surface area contributed by atoms with E-state index in [9.17, 15) is 9.59 Å².